The van der Waals surface area contributed by atoms with Crippen LogP contribution in [0.5, 0.6) is 11.5 Å². The molecule has 1 heterocycles. The number of nitrogens with zero attached hydrogens (tertiary/aromatic N) is 1. The summed E-state index contributed by atoms with van der Waals surface area (Å²) in [7, 11) is 0. The Morgan fingerprint density at radius 3 is 2.58 bits per heavy atom. The number of hydrogen-bond acceptors (Lipinski definition) is 4. The number of carbonyl (C=O) groups excluding carboxylic acids is 1. The molecule has 1 amide bonds. The summed E-state index contributed by atoms with van der Waals surface area (Å²) in [6, 6.07) is 15.8. The van der Waals surface area contributed by atoms with Crippen molar-refractivity contribution in [2.75, 3.05) is 6.79 Å². The van der Waals surface area contributed by atoms with Crippen molar-refractivity contribution >= 4 is 17.7 Å². The van der Waals surface area contributed by atoms with Gasteiger partial charge in [-0.1, -0.05) is 36.0 Å². The lowest BCUT2D eigenvalue weighted by atomic mass is 10.0. The van der Waals surface area contributed by atoms with E-state index in [4.69, 9.17) is 9.47 Å². The number of hydrogen-bond donors (Lipinski definition) is 0. The molecule has 0 aliphatic carbocycles. The van der Waals surface area contributed by atoms with Gasteiger partial charge < -0.3 is 14.4 Å². The summed E-state index contributed by atoms with van der Waals surface area (Å²) in [6.07, 6.45) is 1.63. The second-order valence-corrected chi connectivity index (χ2v) is 8.00. The maximum Gasteiger partial charge on any atom is 0.247 e. The van der Waals surface area contributed by atoms with Crippen LogP contribution in [0.1, 0.15) is 26.3 Å². The molecule has 0 fully saturated rings. The summed E-state index contributed by atoms with van der Waals surface area (Å²) >= 11 is 1.53. The summed E-state index contributed by atoms with van der Waals surface area (Å²) < 4.78 is 10.8. The number of carbonyl (C=O) groups is 1. The molecule has 5 heteroatoms. The Balaban J connectivity index is 1.70. The van der Waals surface area contributed by atoms with Gasteiger partial charge in [-0.25, -0.2) is 0 Å². The Labute approximate surface area is 158 Å². The molecule has 3 rings (SSSR count). The first-order chi connectivity index (χ1) is 12.4. The summed E-state index contributed by atoms with van der Waals surface area (Å²) in [6.45, 7) is 6.88. The highest BCUT2D eigenvalue weighted by Crippen LogP contribution is 2.33. The molecule has 0 saturated carbocycles. The zero-order chi connectivity index (χ0) is 18.6. The fourth-order valence-corrected chi connectivity index (χ4v) is 3.28. The standard InChI is InChI=1S/C21H23NO3S/c1-21(2,3)22(14-16-9-10-18-19(13-16)25-15-24-18)20(23)11-12-26-17-7-5-4-6-8-17/h4-13H,14-15H2,1-3H3/b12-11+. The molecule has 26 heavy (non-hydrogen) atoms. The van der Waals surface area contributed by atoms with Crippen molar-refractivity contribution in [2.45, 2.75) is 37.8 Å². The molecule has 2 aromatic rings. The maximum atomic E-state index is 12.8. The Morgan fingerprint density at radius 1 is 1.12 bits per heavy atom. The lowest BCUT2D eigenvalue weighted by Crippen LogP contribution is -2.44. The lowest BCUT2D eigenvalue weighted by molar-refractivity contribution is -0.131. The van der Waals surface area contributed by atoms with E-state index in [1.807, 2.05) is 79.6 Å². The van der Waals surface area contributed by atoms with Gasteiger partial charge in [-0.3, -0.25) is 4.79 Å². The fourth-order valence-electron chi connectivity index (χ4n) is 2.63. The quantitative estimate of drug-likeness (QED) is 0.558. The minimum absolute atomic E-state index is 0.0152. The third-order valence-electron chi connectivity index (χ3n) is 4.01. The number of benzene rings is 2. The van der Waals surface area contributed by atoms with Gasteiger partial charge in [0.1, 0.15) is 0 Å². The monoisotopic (exact) mass is 369 g/mol. The summed E-state index contributed by atoms with van der Waals surface area (Å²) in [5, 5.41) is 1.84. The van der Waals surface area contributed by atoms with Crippen molar-refractivity contribution in [1.82, 2.24) is 4.90 Å². The zero-order valence-electron chi connectivity index (χ0n) is 15.3. The Morgan fingerprint density at radius 2 is 1.85 bits per heavy atom. The van der Waals surface area contributed by atoms with Gasteiger partial charge >= 0.3 is 0 Å². The van der Waals surface area contributed by atoms with Gasteiger partial charge in [0.25, 0.3) is 0 Å². The first-order valence-corrected chi connectivity index (χ1v) is 9.40. The molecule has 0 N–H and O–H groups in total. The highest BCUT2D eigenvalue weighted by atomic mass is 32.2. The van der Waals surface area contributed by atoms with Gasteiger partial charge in [0.05, 0.1) is 0 Å². The predicted molar refractivity (Wildman–Crippen MR) is 104 cm³/mol. The SMILES string of the molecule is CC(C)(C)N(Cc1ccc2c(c1)OCO2)C(=O)/C=C/Sc1ccccc1. The number of amides is 1. The van der Waals surface area contributed by atoms with Gasteiger partial charge in [0, 0.05) is 23.1 Å². The van der Waals surface area contributed by atoms with Crippen LogP contribution in [0.4, 0.5) is 0 Å². The average molecular weight is 369 g/mol. The number of thioether (sulfide) groups is 1. The van der Waals surface area contributed by atoms with Crippen molar-refractivity contribution < 1.29 is 14.3 Å². The van der Waals surface area contributed by atoms with Gasteiger partial charge in [-0.05, 0) is 56.0 Å². The average Bonchev–Trinajstić information content (AvgIpc) is 3.07. The molecular weight excluding hydrogens is 346 g/mol. The largest absolute Gasteiger partial charge is 0.454 e. The Hall–Kier alpha value is -2.40. The number of rotatable bonds is 5. The van der Waals surface area contributed by atoms with E-state index in [1.165, 1.54) is 11.8 Å². The second kappa shape index (κ2) is 7.87. The van der Waals surface area contributed by atoms with Crippen LogP contribution < -0.4 is 9.47 Å². The van der Waals surface area contributed by atoms with E-state index in [0.717, 1.165) is 22.0 Å². The highest BCUT2D eigenvalue weighted by Gasteiger charge is 2.25. The highest BCUT2D eigenvalue weighted by molar-refractivity contribution is 8.02. The molecule has 4 nitrogen and oxygen atoms in total. The van der Waals surface area contributed by atoms with Crippen molar-refractivity contribution in [3.05, 3.63) is 65.6 Å². The van der Waals surface area contributed by atoms with Crippen molar-refractivity contribution in [3.8, 4) is 11.5 Å². The Kier molecular flexibility index (Phi) is 5.57. The molecule has 1 aliphatic rings. The van der Waals surface area contributed by atoms with E-state index < -0.39 is 0 Å². The fraction of sp³-hybridized carbons (Fsp3) is 0.286. The van der Waals surface area contributed by atoms with Crippen molar-refractivity contribution in [2.24, 2.45) is 0 Å². The van der Waals surface area contributed by atoms with E-state index in [1.54, 1.807) is 6.08 Å². The van der Waals surface area contributed by atoms with Crippen LogP contribution in [-0.4, -0.2) is 23.1 Å². The molecule has 0 saturated heterocycles. The van der Waals surface area contributed by atoms with Crippen molar-refractivity contribution in [1.29, 1.82) is 0 Å². The Bertz CT molecular complexity index is 797. The molecule has 0 bridgehead atoms. The van der Waals surface area contributed by atoms with Crippen LogP contribution in [0.25, 0.3) is 0 Å². The normalized spacial score (nSPS) is 13.2. The van der Waals surface area contributed by atoms with Gasteiger partial charge in [-0.15, -0.1) is 0 Å². The molecule has 0 atom stereocenters. The van der Waals surface area contributed by atoms with Crippen molar-refractivity contribution in [3.63, 3.8) is 0 Å². The summed E-state index contributed by atoms with van der Waals surface area (Å²) in [5.41, 5.74) is 0.719. The van der Waals surface area contributed by atoms with Gasteiger partial charge in [0.2, 0.25) is 12.7 Å². The van der Waals surface area contributed by atoms with Crippen LogP contribution in [0.3, 0.4) is 0 Å². The van der Waals surface area contributed by atoms with Crippen LogP contribution in [-0.2, 0) is 11.3 Å². The second-order valence-electron chi connectivity index (χ2n) is 7.02. The van der Waals surface area contributed by atoms with Crippen LogP contribution in [0.15, 0.2) is 64.9 Å². The van der Waals surface area contributed by atoms with Gasteiger partial charge in [-0.2, -0.15) is 0 Å². The maximum absolute atomic E-state index is 12.8. The molecule has 1 aliphatic heterocycles. The van der Waals surface area contributed by atoms with Crippen LogP contribution in [0, 0.1) is 0 Å². The molecule has 0 spiro atoms. The first kappa shape index (κ1) is 18.4. The lowest BCUT2D eigenvalue weighted by Gasteiger charge is -2.35. The smallest absolute Gasteiger partial charge is 0.247 e. The molecular formula is C21H23NO3S. The third-order valence-corrected chi connectivity index (χ3v) is 4.83. The minimum atomic E-state index is -0.296. The minimum Gasteiger partial charge on any atom is -0.454 e. The third kappa shape index (κ3) is 4.61. The van der Waals surface area contributed by atoms with Crippen LogP contribution in [0.2, 0.25) is 0 Å². The molecule has 0 radical (unpaired) electrons. The van der Waals surface area contributed by atoms with E-state index >= 15 is 0 Å². The van der Waals surface area contributed by atoms with Gasteiger partial charge in [0.15, 0.2) is 11.5 Å². The summed E-state index contributed by atoms with van der Waals surface area (Å²) in [5.74, 6) is 1.47. The molecule has 136 valence electrons. The predicted octanol–water partition coefficient (Wildman–Crippen LogP) is 4.85. The first-order valence-electron chi connectivity index (χ1n) is 8.52. The number of fused-ring (bicyclic) bond motifs is 1. The van der Waals surface area contributed by atoms with Crippen LogP contribution >= 0.6 is 11.8 Å². The molecule has 0 aromatic heterocycles. The van der Waals surface area contributed by atoms with E-state index in [9.17, 15) is 4.79 Å². The van der Waals surface area contributed by atoms with E-state index in [-0.39, 0.29) is 18.2 Å². The molecule has 0 unspecified atom stereocenters. The molecule has 2 aromatic carbocycles. The van der Waals surface area contributed by atoms with E-state index in [0.29, 0.717) is 6.54 Å². The topological polar surface area (TPSA) is 38.8 Å². The van der Waals surface area contributed by atoms with E-state index in [2.05, 4.69) is 0 Å². The number of ether oxygens (including phenoxy) is 2. The summed E-state index contributed by atoms with van der Waals surface area (Å²) in [4.78, 5) is 15.7. The zero-order valence-corrected chi connectivity index (χ0v) is 16.1.